The van der Waals surface area contributed by atoms with Crippen LogP contribution in [-0.4, -0.2) is 42.8 Å². The second-order valence-corrected chi connectivity index (χ2v) is 6.01. The molecule has 0 atom stereocenters. The van der Waals surface area contributed by atoms with Crippen molar-refractivity contribution in [2.24, 2.45) is 5.73 Å². The molecular weight excluding hydrogens is 396 g/mol. The number of halogens is 3. The molecule has 3 rings (SSSR count). The number of anilines is 1. The van der Waals surface area contributed by atoms with Crippen molar-refractivity contribution in [2.45, 2.75) is 13.5 Å². The number of piperazine rings is 1. The van der Waals surface area contributed by atoms with E-state index >= 15 is 0 Å². The van der Waals surface area contributed by atoms with Gasteiger partial charge in [-0.3, -0.25) is 9.59 Å². The first-order chi connectivity index (χ1) is 12.0. The van der Waals surface area contributed by atoms with E-state index in [1.54, 1.807) is 23.1 Å². The number of nitrogens with two attached hydrogens (primary N) is 1. The molecule has 6 nitrogen and oxygen atoms in total. The number of nitrogens with zero attached hydrogens (tertiary/aromatic N) is 2. The van der Waals surface area contributed by atoms with Gasteiger partial charge >= 0.3 is 0 Å². The van der Waals surface area contributed by atoms with Crippen LogP contribution in [0.3, 0.4) is 0 Å². The normalized spacial score (nSPS) is 13.6. The van der Waals surface area contributed by atoms with Crippen molar-refractivity contribution in [1.82, 2.24) is 4.90 Å². The zero-order chi connectivity index (χ0) is 18.0. The maximum Gasteiger partial charge on any atom is 0.257 e. The van der Waals surface area contributed by atoms with Crippen LogP contribution in [0.4, 0.5) is 10.1 Å². The van der Waals surface area contributed by atoms with E-state index in [-0.39, 0.29) is 43.0 Å². The molecule has 27 heavy (non-hydrogen) atoms. The highest BCUT2D eigenvalue weighted by molar-refractivity contribution is 5.95. The summed E-state index contributed by atoms with van der Waals surface area (Å²) >= 11 is 0. The molecule has 1 aliphatic heterocycles. The topological polar surface area (TPSA) is 79.8 Å². The average molecular weight is 418 g/mol. The summed E-state index contributed by atoms with van der Waals surface area (Å²) in [7, 11) is 0. The van der Waals surface area contributed by atoms with Crippen molar-refractivity contribution in [1.29, 1.82) is 0 Å². The lowest BCUT2D eigenvalue weighted by Gasteiger charge is -2.36. The van der Waals surface area contributed by atoms with Crippen molar-refractivity contribution >= 4 is 42.2 Å². The van der Waals surface area contributed by atoms with E-state index in [2.05, 4.69) is 0 Å². The second-order valence-electron chi connectivity index (χ2n) is 6.01. The highest BCUT2D eigenvalue weighted by atomic mass is 35.5. The number of carbonyl (C=O) groups is 2. The molecule has 0 unspecified atom stereocenters. The Morgan fingerprint density at radius 1 is 1.11 bits per heavy atom. The molecule has 1 fully saturated rings. The molecule has 9 heteroatoms. The van der Waals surface area contributed by atoms with E-state index in [0.29, 0.717) is 48.8 Å². The Bertz CT molecular complexity index is 805. The highest BCUT2D eigenvalue weighted by Gasteiger charge is 2.24. The lowest BCUT2D eigenvalue weighted by Crippen LogP contribution is -2.49. The fraction of sp³-hybridized carbons (Fsp3) is 0.333. The largest absolute Gasteiger partial charge is 0.467 e. The van der Waals surface area contributed by atoms with Gasteiger partial charge in [-0.15, -0.1) is 24.8 Å². The SMILES string of the molecule is CC(=O)c1ccc(N2CCN(C(=O)c3coc(CN)c3)CC2)c(F)c1.Cl.Cl. The van der Waals surface area contributed by atoms with Crippen LogP contribution in [0.5, 0.6) is 0 Å². The standard InChI is InChI=1S/C18H20FN3O3.2ClH/c1-12(23)13-2-3-17(16(19)9-13)21-4-6-22(7-5-21)18(24)14-8-15(10-20)25-11-14;;/h2-3,8-9,11H,4-7,10,20H2,1H3;2*1H. The number of amides is 1. The fourth-order valence-corrected chi connectivity index (χ4v) is 2.92. The maximum absolute atomic E-state index is 14.3. The molecule has 0 aliphatic carbocycles. The molecule has 1 aliphatic rings. The van der Waals surface area contributed by atoms with Gasteiger partial charge in [0.25, 0.3) is 5.91 Å². The summed E-state index contributed by atoms with van der Waals surface area (Å²) in [6.45, 7) is 3.65. The van der Waals surface area contributed by atoms with Gasteiger partial charge in [0, 0.05) is 31.7 Å². The van der Waals surface area contributed by atoms with Crippen molar-refractivity contribution in [3.05, 3.63) is 53.2 Å². The first-order valence-corrected chi connectivity index (χ1v) is 8.12. The van der Waals surface area contributed by atoms with E-state index < -0.39 is 5.82 Å². The van der Waals surface area contributed by atoms with Crippen LogP contribution in [-0.2, 0) is 6.54 Å². The zero-order valence-electron chi connectivity index (χ0n) is 14.8. The number of ketones is 1. The van der Waals surface area contributed by atoms with E-state index in [1.807, 2.05) is 4.90 Å². The second kappa shape index (κ2) is 9.73. The van der Waals surface area contributed by atoms with Crippen LogP contribution in [0.2, 0.25) is 0 Å². The third kappa shape index (κ3) is 5.00. The van der Waals surface area contributed by atoms with Gasteiger partial charge < -0.3 is 20.0 Å². The summed E-state index contributed by atoms with van der Waals surface area (Å²) in [5, 5.41) is 0. The lowest BCUT2D eigenvalue weighted by molar-refractivity contribution is 0.0745. The van der Waals surface area contributed by atoms with Crippen LogP contribution in [0, 0.1) is 5.82 Å². The van der Waals surface area contributed by atoms with Gasteiger partial charge in [-0.1, -0.05) is 0 Å². The number of rotatable bonds is 4. The molecule has 2 N–H and O–H groups in total. The van der Waals surface area contributed by atoms with Crippen molar-refractivity contribution in [2.75, 3.05) is 31.1 Å². The Balaban J connectivity index is 0.00000182. The smallest absolute Gasteiger partial charge is 0.257 e. The quantitative estimate of drug-likeness (QED) is 0.773. The predicted octanol–water partition coefficient (Wildman–Crippen LogP) is 2.89. The monoisotopic (exact) mass is 417 g/mol. The Morgan fingerprint density at radius 2 is 1.78 bits per heavy atom. The minimum absolute atomic E-state index is 0. The molecule has 1 aromatic carbocycles. The minimum Gasteiger partial charge on any atom is -0.467 e. The Hall–Kier alpha value is -2.09. The number of hydrogen-bond acceptors (Lipinski definition) is 5. The minimum atomic E-state index is -0.421. The summed E-state index contributed by atoms with van der Waals surface area (Å²) in [5.41, 5.74) is 6.77. The number of benzene rings is 1. The van der Waals surface area contributed by atoms with Crippen molar-refractivity contribution in [3.8, 4) is 0 Å². The summed E-state index contributed by atoms with van der Waals surface area (Å²) in [6.07, 6.45) is 1.41. The predicted molar refractivity (Wildman–Crippen MR) is 106 cm³/mol. The molecule has 1 saturated heterocycles. The van der Waals surface area contributed by atoms with Crippen LogP contribution < -0.4 is 10.6 Å². The van der Waals surface area contributed by atoms with E-state index in [9.17, 15) is 14.0 Å². The number of carbonyl (C=O) groups excluding carboxylic acids is 2. The van der Waals surface area contributed by atoms with Gasteiger partial charge in [0.1, 0.15) is 17.8 Å². The van der Waals surface area contributed by atoms with Gasteiger partial charge in [0.15, 0.2) is 5.78 Å². The number of hydrogen-bond donors (Lipinski definition) is 1. The maximum atomic E-state index is 14.3. The molecule has 2 aromatic rings. The molecule has 1 amide bonds. The number of Topliss-reactive ketones (excluding diaryl/α,β-unsaturated/α-hetero) is 1. The molecule has 2 heterocycles. The van der Waals surface area contributed by atoms with Crippen LogP contribution in [0.1, 0.15) is 33.4 Å². The Kier molecular flexibility index (Phi) is 8.27. The average Bonchev–Trinajstić information content (AvgIpc) is 3.10. The summed E-state index contributed by atoms with van der Waals surface area (Å²) in [4.78, 5) is 27.4. The first kappa shape index (κ1) is 23.0. The van der Waals surface area contributed by atoms with E-state index in [4.69, 9.17) is 10.2 Å². The van der Waals surface area contributed by atoms with Gasteiger partial charge in [0.05, 0.1) is 17.8 Å². The number of furan rings is 1. The molecule has 0 bridgehead atoms. The summed E-state index contributed by atoms with van der Waals surface area (Å²) in [5.74, 6) is -0.141. The molecule has 148 valence electrons. The van der Waals surface area contributed by atoms with E-state index in [0.717, 1.165) is 0 Å². The molecule has 1 aromatic heterocycles. The third-order valence-electron chi connectivity index (χ3n) is 4.36. The van der Waals surface area contributed by atoms with Crippen LogP contribution >= 0.6 is 24.8 Å². The highest BCUT2D eigenvalue weighted by Crippen LogP contribution is 2.23. The van der Waals surface area contributed by atoms with E-state index in [1.165, 1.54) is 19.3 Å². The first-order valence-electron chi connectivity index (χ1n) is 8.12. The summed E-state index contributed by atoms with van der Waals surface area (Å²) < 4.78 is 19.5. The summed E-state index contributed by atoms with van der Waals surface area (Å²) in [6, 6.07) is 6.15. The Labute approximate surface area is 169 Å². The van der Waals surface area contributed by atoms with Crippen LogP contribution in [0.25, 0.3) is 0 Å². The van der Waals surface area contributed by atoms with Gasteiger partial charge in [-0.25, -0.2) is 4.39 Å². The van der Waals surface area contributed by atoms with Crippen LogP contribution in [0.15, 0.2) is 34.9 Å². The van der Waals surface area contributed by atoms with Crippen molar-refractivity contribution in [3.63, 3.8) is 0 Å². The van der Waals surface area contributed by atoms with Crippen molar-refractivity contribution < 1.29 is 18.4 Å². The Morgan fingerprint density at radius 3 is 2.30 bits per heavy atom. The molecule has 0 spiro atoms. The fourth-order valence-electron chi connectivity index (χ4n) is 2.92. The molecule has 0 radical (unpaired) electrons. The van der Waals surface area contributed by atoms with Gasteiger partial charge in [0.2, 0.25) is 0 Å². The zero-order valence-corrected chi connectivity index (χ0v) is 16.4. The van der Waals surface area contributed by atoms with Gasteiger partial charge in [-0.05, 0) is 31.2 Å². The third-order valence-corrected chi connectivity index (χ3v) is 4.36. The van der Waals surface area contributed by atoms with Gasteiger partial charge in [-0.2, -0.15) is 0 Å². The molecule has 0 saturated carbocycles. The molecular formula is C18H22Cl2FN3O3. The lowest BCUT2D eigenvalue weighted by atomic mass is 10.1.